The van der Waals surface area contributed by atoms with Crippen LogP contribution in [-0.2, 0) is 10.0 Å². The number of carbonyl (C=O) groups excluding carboxylic acids is 1. The topological polar surface area (TPSA) is 69.7 Å². The molecule has 1 aliphatic rings. The van der Waals surface area contributed by atoms with Crippen LogP contribution >= 0.6 is 0 Å². The highest BCUT2D eigenvalue weighted by Crippen LogP contribution is 2.20. The van der Waals surface area contributed by atoms with E-state index in [1.54, 1.807) is 16.4 Å². The molecule has 162 valence electrons. The van der Waals surface area contributed by atoms with Crippen molar-refractivity contribution in [1.82, 2.24) is 9.62 Å². The molecule has 0 radical (unpaired) electrons. The van der Waals surface area contributed by atoms with Gasteiger partial charge < -0.3 is 10.2 Å². The first-order chi connectivity index (χ1) is 14.5. The number of carbonyl (C=O) groups is 1. The fraction of sp³-hybridized carbons (Fsp3) is 0.435. The lowest BCUT2D eigenvalue weighted by atomic mass is 10.2. The molecule has 7 heteroatoms. The van der Waals surface area contributed by atoms with E-state index < -0.39 is 10.0 Å². The molecule has 30 heavy (non-hydrogen) atoms. The van der Waals surface area contributed by atoms with Crippen LogP contribution in [0, 0.1) is 0 Å². The van der Waals surface area contributed by atoms with E-state index in [1.165, 1.54) is 12.1 Å². The summed E-state index contributed by atoms with van der Waals surface area (Å²) in [5.74, 6) is -0.184. The Morgan fingerprint density at radius 3 is 2.23 bits per heavy atom. The van der Waals surface area contributed by atoms with E-state index in [1.807, 2.05) is 25.2 Å². The average molecular weight is 430 g/mol. The second-order valence-corrected chi connectivity index (χ2v) is 9.65. The number of rotatable bonds is 8. The third-order valence-electron chi connectivity index (χ3n) is 5.47. The van der Waals surface area contributed by atoms with Gasteiger partial charge in [0, 0.05) is 44.5 Å². The second-order valence-electron chi connectivity index (χ2n) is 7.71. The summed E-state index contributed by atoms with van der Waals surface area (Å²) in [6.07, 6.45) is 4.77. The van der Waals surface area contributed by atoms with Gasteiger partial charge in [-0.05, 0) is 55.7 Å². The van der Waals surface area contributed by atoms with Crippen molar-refractivity contribution < 1.29 is 13.2 Å². The van der Waals surface area contributed by atoms with E-state index in [4.69, 9.17) is 0 Å². The van der Waals surface area contributed by atoms with Crippen molar-refractivity contribution in [1.29, 1.82) is 0 Å². The normalized spacial score (nSPS) is 15.4. The number of sulfonamides is 1. The van der Waals surface area contributed by atoms with Crippen LogP contribution in [0.3, 0.4) is 0 Å². The highest BCUT2D eigenvalue weighted by molar-refractivity contribution is 7.89. The molecule has 0 saturated carbocycles. The molecule has 1 heterocycles. The lowest BCUT2D eigenvalue weighted by Gasteiger charge is -2.20. The van der Waals surface area contributed by atoms with Gasteiger partial charge >= 0.3 is 0 Å². The van der Waals surface area contributed by atoms with Crippen molar-refractivity contribution in [2.75, 3.05) is 38.1 Å². The molecule has 1 fully saturated rings. The Morgan fingerprint density at radius 2 is 1.60 bits per heavy atom. The number of nitrogens with zero attached hydrogens (tertiary/aromatic N) is 2. The van der Waals surface area contributed by atoms with Gasteiger partial charge in [-0.3, -0.25) is 4.79 Å². The molecule has 1 N–H and O–H groups in total. The molecule has 1 aliphatic heterocycles. The van der Waals surface area contributed by atoms with Crippen LogP contribution in [0.2, 0.25) is 0 Å². The number of benzene rings is 2. The van der Waals surface area contributed by atoms with Crippen molar-refractivity contribution in [3.05, 3.63) is 60.2 Å². The largest absolute Gasteiger partial charge is 0.375 e. The summed E-state index contributed by atoms with van der Waals surface area (Å²) in [6.45, 7) is 2.53. The van der Waals surface area contributed by atoms with E-state index >= 15 is 0 Å². The molecule has 0 spiro atoms. The monoisotopic (exact) mass is 429 g/mol. The van der Waals surface area contributed by atoms with Gasteiger partial charge in [0.2, 0.25) is 10.0 Å². The van der Waals surface area contributed by atoms with Crippen LogP contribution in [0.1, 0.15) is 42.5 Å². The number of hydrogen-bond donors (Lipinski definition) is 1. The SMILES string of the molecule is CN(CCCNC(=O)c1ccc(S(=O)(=O)N2CCCCCC2)cc1)c1ccccc1. The zero-order valence-electron chi connectivity index (χ0n) is 17.6. The van der Waals surface area contributed by atoms with Crippen molar-refractivity contribution >= 4 is 21.6 Å². The second kappa shape index (κ2) is 10.6. The molecule has 0 unspecified atom stereocenters. The molecule has 0 aliphatic carbocycles. The van der Waals surface area contributed by atoms with Gasteiger partial charge in [0.05, 0.1) is 4.90 Å². The molecule has 0 atom stereocenters. The molecule has 2 aromatic carbocycles. The zero-order valence-corrected chi connectivity index (χ0v) is 18.4. The van der Waals surface area contributed by atoms with Gasteiger partial charge in [0.15, 0.2) is 0 Å². The molecule has 6 nitrogen and oxygen atoms in total. The average Bonchev–Trinajstić information content (AvgIpc) is 3.07. The van der Waals surface area contributed by atoms with Gasteiger partial charge in [0.1, 0.15) is 0 Å². The Hall–Kier alpha value is -2.38. The van der Waals surface area contributed by atoms with Crippen molar-refractivity contribution in [3.63, 3.8) is 0 Å². The Morgan fingerprint density at radius 1 is 0.967 bits per heavy atom. The quantitative estimate of drug-likeness (QED) is 0.652. The predicted octanol–water partition coefficient (Wildman–Crippen LogP) is 3.51. The first-order valence-electron chi connectivity index (χ1n) is 10.6. The Bertz CT molecular complexity index is 906. The smallest absolute Gasteiger partial charge is 0.251 e. The Balaban J connectivity index is 1.50. The van der Waals surface area contributed by atoms with E-state index in [0.29, 0.717) is 25.2 Å². The first-order valence-corrected chi connectivity index (χ1v) is 12.1. The third-order valence-corrected chi connectivity index (χ3v) is 7.39. The minimum Gasteiger partial charge on any atom is -0.375 e. The van der Waals surface area contributed by atoms with Crippen molar-refractivity contribution in [2.45, 2.75) is 37.0 Å². The summed E-state index contributed by atoms with van der Waals surface area (Å²) < 4.78 is 27.2. The van der Waals surface area contributed by atoms with Gasteiger partial charge in [-0.2, -0.15) is 4.31 Å². The van der Waals surface area contributed by atoms with E-state index in [-0.39, 0.29) is 10.8 Å². The van der Waals surface area contributed by atoms with Crippen LogP contribution in [0.5, 0.6) is 0 Å². The van der Waals surface area contributed by atoms with Crippen LogP contribution in [0.25, 0.3) is 0 Å². The molecule has 1 saturated heterocycles. The number of amides is 1. The van der Waals surface area contributed by atoms with Gasteiger partial charge in [-0.25, -0.2) is 8.42 Å². The minimum absolute atomic E-state index is 0.184. The summed E-state index contributed by atoms with van der Waals surface area (Å²) in [5, 5.41) is 2.91. The van der Waals surface area contributed by atoms with Crippen molar-refractivity contribution in [3.8, 4) is 0 Å². The predicted molar refractivity (Wildman–Crippen MR) is 120 cm³/mol. The Kier molecular flexibility index (Phi) is 7.87. The van der Waals surface area contributed by atoms with E-state index in [9.17, 15) is 13.2 Å². The van der Waals surface area contributed by atoms with Crippen LogP contribution in [0.15, 0.2) is 59.5 Å². The molecule has 0 aromatic heterocycles. The first kappa shape index (κ1) is 22.3. The Labute approximate surface area is 179 Å². The van der Waals surface area contributed by atoms with Gasteiger partial charge in [-0.1, -0.05) is 31.0 Å². The van der Waals surface area contributed by atoms with E-state index in [2.05, 4.69) is 22.3 Å². The van der Waals surface area contributed by atoms with Gasteiger partial charge in [-0.15, -0.1) is 0 Å². The fourth-order valence-electron chi connectivity index (χ4n) is 3.64. The van der Waals surface area contributed by atoms with Crippen LogP contribution < -0.4 is 10.2 Å². The van der Waals surface area contributed by atoms with E-state index in [0.717, 1.165) is 44.3 Å². The summed E-state index contributed by atoms with van der Waals surface area (Å²) in [4.78, 5) is 14.8. The number of nitrogens with one attached hydrogen (secondary N) is 1. The molecule has 0 bridgehead atoms. The molecule has 2 aromatic rings. The molecule has 3 rings (SSSR count). The summed E-state index contributed by atoms with van der Waals surface area (Å²) in [6, 6.07) is 16.4. The number of anilines is 1. The number of para-hydroxylation sites is 1. The van der Waals surface area contributed by atoms with Gasteiger partial charge in [0.25, 0.3) is 5.91 Å². The summed E-state index contributed by atoms with van der Waals surface area (Å²) in [5.41, 5.74) is 1.62. The maximum atomic E-state index is 12.8. The fourth-order valence-corrected chi connectivity index (χ4v) is 5.16. The van der Waals surface area contributed by atoms with Crippen LogP contribution in [0.4, 0.5) is 5.69 Å². The molecular weight excluding hydrogens is 398 g/mol. The van der Waals surface area contributed by atoms with Crippen molar-refractivity contribution in [2.24, 2.45) is 0 Å². The standard InChI is InChI=1S/C23H31N3O3S/c1-25(21-10-5-4-6-11-21)17-9-16-24-23(27)20-12-14-22(15-13-20)30(28,29)26-18-7-2-3-8-19-26/h4-6,10-15H,2-3,7-9,16-19H2,1H3,(H,24,27). The zero-order chi connectivity index (χ0) is 21.4. The maximum Gasteiger partial charge on any atom is 0.251 e. The molecule has 1 amide bonds. The molecular formula is C23H31N3O3S. The lowest BCUT2D eigenvalue weighted by Crippen LogP contribution is -2.32. The minimum atomic E-state index is -3.49. The summed E-state index contributed by atoms with van der Waals surface area (Å²) in [7, 11) is -1.46. The highest BCUT2D eigenvalue weighted by atomic mass is 32.2. The number of hydrogen-bond acceptors (Lipinski definition) is 4. The third kappa shape index (κ3) is 5.83. The lowest BCUT2D eigenvalue weighted by molar-refractivity contribution is 0.0953. The maximum absolute atomic E-state index is 12.8. The van der Waals surface area contributed by atoms with Crippen LogP contribution in [-0.4, -0.2) is 51.9 Å². The highest BCUT2D eigenvalue weighted by Gasteiger charge is 2.25. The summed E-state index contributed by atoms with van der Waals surface area (Å²) >= 11 is 0.